The van der Waals surface area contributed by atoms with Crippen LogP contribution in [0, 0.1) is 0 Å². The number of nitrogens with one attached hydrogen (secondary N) is 1. The van der Waals surface area contributed by atoms with Crippen LogP contribution in [0.1, 0.15) is 18.6 Å². The number of ether oxygens (including phenoxy) is 1. The molecule has 128 valence electrons. The Morgan fingerprint density at radius 1 is 1.20 bits per heavy atom. The van der Waals surface area contributed by atoms with Gasteiger partial charge in [-0.3, -0.25) is 5.32 Å². The van der Waals surface area contributed by atoms with Gasteiger partial charge in [0, 0.05) is 4.47 Å². The van der Waals surface area contributed by atoms with Gasteiger partial charge in [-0.2, -0.15) is 5.10 Å². The first-order chi connectivity index (χ1) is 12.0. The number of nitrogens with zero attached hydrogens (tertiary/aromatic N) is 2. The SMILES string of the molecule is CC(OC(=O)Nc1c(Cl)cnn1-c1ccc(Br)cc1)c1ccccc1. The van der Waals surface area contributed by atoms with Crippen molar-refractivity contribution in [1.82, 2.24) is 9.78 Å². The molecule has 1 atom stereocenters. The van der Waals surface area contributed by atoms with Gasteiger partial charge in [-0.1, -0.05) is 57.9 Å². The number of hydrogen-bond donors (Lipinski definition) is 1. The van der Waals surface area contributed by atoms with Crippen LogP contribution in [-0.2, 0) is 4.74 Å². The molecule has 0 saturated carbocycles. The van der Waals surface area contributed by atoms with E-state index in [1.807, 2.05) is 61.5 Å². The molecular weight excluding hydrogens is 406 g/mol. The maximum absolute atomic E-state index is 12.2. The highest BCUT2D eigenvalue weighted by molar-refractivity contribution is 9.10. The highest BCUT2D eigenvalue weighted by atomic mass is 79.9. The maximum atomic E-state index is 12.2. The first-order valence-corrected chi connectivity index (χ1v) is 8.74. The van der Waals surface area contributed by atoms with E-state index in [1.54, 1.807) is 4.68 Å². The average Bonchev–Trinajstić information content (AvgIpc) is 2.97. The van der Waals surface area contributed by atoms with Crippen molar-refractivity contribution < 1.29 is 9.53 Å². The number of benzene rings is 2. The highest BCUT2D eigenvalue weighted by Gasteiger charge is 2.17. The summed E-state index contributed by atoms with van der Waals surface area (Å²) < 4.78 is 7.91. The van der Waals surface area contributed by atoms with Crippen molar-refractivity contribution in [2.24, 2.45) is 0 Å². The molecule has 1 aromatic heterocycles. The molecule has 0 saturated heterocycles. The third-order valence-corrected chi connectivity index (χ3v) is 4.37. The molecule has 0 radical (unpaired) electrons. The minimum atomic E-state index is -0.600. The molecule has 3 rings (SSSR count). The van der Waals surface area contributed by atoms with Gasteiger partial charge < -0.3 is 4.74 Å². The van der Waals surface area contributed by atoms with Crippen LogP contribution in [-0.4, -0.2) is 15.9 Å². The fraction of sp³-hybridized carbons (Fsp3) is 0.111. The monoisotopic (exact) mass is 419 g/mol. The Labute approximate surface area is 158 Å². The zero-order chi connectivity index (χ0) is 17.8. The van der Waals surface area contributed by atoms with E-state index in [1.165, 1.54) is 6.20 Å². The fourth-order valence-electron chi connectivity index (χ4n) is 2.30. The smallest absolute Gasteiger partial charge is 0.413 e. The van der Waals surface area contributed by atoms with Crippen LogP contribution in [0.4, 0.5) is 10.6 Å². The van der Waals surface area contributed by atoms with Crippen molar-refractivity contribution in [3.63, 3.8) is 0 Å². The molecule has 5 nitrogen and oxygen atoms in total. The van der Waals surface area contributed by atoms with Crippen molar-refractivity contribution in [3.8, 4) is 5.69 Å². The molecule has 1 heterocycles. The molecule has 1 amide bonds. The van der Waals surface area contributed by atoms with Gasteiger partial charge in [0.15, 0.2) is 5.82 Å². The Balaban J connectivity index is 1.75. The Morgan fingerprint density at radius 2 is 1.88 bits per heavy atom. The van der Waals surface area contributed by atoms with Crippen LogP contribution in [0.3, 0.4) is 0 Å². The maximum Gasteiger partial charge on any atom is 0.413 e. The molecule has 0 aliphatic heterocycles. The molecule has 2 aromatic carbocycles. The number of anilines is 1. The lowest BCUT2D eigenvalue weighted by Crippen LogP contribution is -2.18. The molecule has 3 aromatic rings. The van der Waals surface area contributed by atoms with Gasteiger partial charge in [-0.15, -0.1) is 0 Å². The molecule has 1 unspecified atom stereocenters. The van der Waals surface area contributed by atoms with Gasteiger partial charge in [-0.25, -0.2) is 9.48 Å². The van der Waals surface area contributed by atoms with E-state index in [9.17, 15) is 4.79 Å². The van der Waals surface area contributed by atoms with Crippen molar-refractivity contribution in [2.75, 3.05) is 5.32 Å². The summed E-state index contributed by atoms with van der Waals surface area (Å²) in [6, 6.07) is 17.0. The van der Waals surface area contributed by atoms with Crippen molar-refractivity contribution in [3.05, 3.63) is 75.9 Å². The number of carbonyl (C=O) groups is 1. The van der Waals surface area contributed by atoms with Crippen molar-refractivity contribution in [2.45, 2.75) is 13.0 Å². The molecule has 1 N–H and O–H groups in total. The minimum absolute atomic E-state index is 0.326. The molecule has 25 heavy (non-hydrogen) atoms. The van der Waals surface area contributed by atoms with Gasteiger partial charge >= 0.3 is 6.09 Å². The Hall–Kier alpha value is -2.31. The normalized spacial score (nSPS) is 11.8. The average molecular weight is 421 g/mol. The second-order valence-electron chi connectivity index (χ2n) is 5.31. The molecular formula is C18H15BrClN3O2. The van der Waals surface area contributed by atoms with Crippen molar-refractivity contribution >= 4 is 39.4 Å². The number of aromatic nitrogens is 2. The first-order valence-electron chi connectivity index (χ1n) is 7.56. The molecule has 0 aliphatic carbocycles. The van der Waals surface area contributed by atoms with Gasteiger partial charge in [-0.05, 0) is 36.8 Å². The van der Waals surface area contributed by atoms with Crippen LogP contribution in [0.15, 0.2) is 65.3 Å². The van der Waals surface area contributed by atoms with Gasteiger partial charge in [0.05, 0.1) is 11.9 Å². The van der Waals surface area contributed by atoms with E-state index >= 15 is 0 Å². The van der Waals surface area contributed by atoms with Crippen molar-refractivity contribution in [1.29, 1.82) is 0 Å². The highest BCUT2D eigenvalue weighted by Crippen LogP contribution is 2.26. The predicted molar refractivity (Wildman–Crippen MR) is 101 cm³/mol. The summed E-state index contributed by atoms with van der Waals surface area (Å²) in [5, 5.41) is 7.20. The van der Waals surface area contributed by atoms with Gasteiger partial charge in [0.25, 0.3) is 0 Å². The lowest BCUT2D eigenvalue weighted by molar-refractivity contribution is 0.121. The molecule has 0 spiro atoms. The predicted octanol–water partition coefficient (Wildman–Crippen LogP) is 5.60. The largest absolute Gasteiger partial charge is 0.441 e. The molecule has 7 heteroatoms. The number of amides is 1. The van der Waals surface area contributed by atoms with E-state index in [2.05, 4.69) is 26.3 Å². The lowest BCUT2D eigenvalue weighted by Gasteiger charge is -2.15. The summed E-state index contributed by atoms with van der Waals surface area (Å²) >= 11 is 9.55. The van der Waals surface area contributed by atoms with Crippen LogP contribution in [0.5, 0.6) is 0 Å². The number of rotatable bonds is 4. The standard InChI is InChI=1S/C18H15BrClN3O2/c1-12(13-5-3-2-4-6-13)25-18(24)22-17-16(20)11-21-23(17)15-9-7-14(19)8-10-15/h2-12H,1H3,(H,22,24). The van der Waals surface area contributed by atoms with Crippen LogP contribution >= 0.6 is 27.5 Å². The van der Waals surface area contributed by atoms with Gasteiger partial charge in [0.1, 0.15) is 11.1 Å². The van der Waals surface area contributed by atoms with E-state index in [4.69, 9.17) is 16.3 Å². The van der Waals surface area contributed by atoms with Crippen LogP contribution in [0.2, 0.25) is 5.02 Å². The third-order valence-electron chi connectivity index (χ3n) is 3.57. The topological polar surface area (TPSA) is 56.1 Å². The molecule has 0 aliphatic rings. The number of hydrogen-bond acceptors (Lipinski definition) is 3. The molecule has 0 bridgehead atoms. The summed E-state index contributed by atoms with van der Waals surface area (Å²) in [5.41, 5.74) is 1.67. The van der Waals surface area contributed by atoms with E-state index in [0.717, 1.165) is 15.7 Å². The van der Waals surface area contributed by atoms with Crippen LogP contribution in [0.25, 0.3) is 5.69 Å². The summed E-state index contributed by atoms with van der Waals surface area (Å²) in [6.07, 6.45) is 0.487. The Morgan fingerprint density at radius 3 is 2.56 bits per heavy atom. The first kappa shape index (κ1) is 17.5. The minimum Gasteiger partial charge on any atom is -0.441 e. The Kier molecular flexibility index (Phi) is 5.40. The quantitative estimate of drug-likeness (QED) is 0.598. The van der Waals surface area contributed by atoms with E-state index in [-0.39, 0.29) is 6.10 Å². The molecule has 0 fully saturated rings. The summed E-state index contributed by atoms with van der Waals surface area (Å²) in [5.74, 6) is 0.356. The Bertz CT molecular complexity index is 866. The number of halogens is 2. The summed E-state index contributed by atoms with van der Waals surface area (Å²) in [4.78, 5) is 12.2. The number of carbonyl (C=O) groups excluding carboxylic acids is 1. The summed E-state index contributed by atoms with van der Waals surface area (Å²) in [6.45, 7) is 1.81. The third kappa shape index (κ3) is 4.21. The second-order valence-corrected chi connectivity index (χ2v) is 6.64. The van der Waals surface area contributed by atoms with Crippen LogP contribution < -0.4 is 5.32 Å². The zero-order valence-corrected chi connectivity index (χ0v) is 15.7. The summed E-state index contributed by atoms with van der Waals surface area (Å²) in [7, 11) is 0. The van der Waals surface area contributed by atoms with Gasteiger partial charge in [0.2, 0.25) is 0 Å². The lowest BCUT2D eigenvalue weighted by atomic mass is 10.1. The van der Waals surface area contributed by atoms with E-state index < -0.39 is 6.09 Å². The van der Waals surface area contributed by atoms with E-state index in [0.29, 0.717) is 10.8 Å². The second kappa shape index (κ2) is 7.72. The fourth-order valence-corrected chi connectivity index (χ4v) is 2.73. The zero-order valence-electron chi connectivity index (χ0n) is 13.3.